The van der Waals surface area contributed by atoms with Gasteiger partial charge in [0.25, 0.3) is 0 Å². The number of ketones is 1. The first kappa shape index (κ1) is 14.7. The molecule has 0 amide bonds. The maximum atomic E-state index is 12.1. The highest BCUT2D eigenvalue weighted by Crippen LogP contribution is 2.23. The number of aromatic nitrogens is 3. The van der Waals surface area contributed by atoms with Crippen LogP contribution in [0.1, 0.15) is 10.4 Å². The van der Waals surface area contributed by atoms with E-state index >= 15 is 0 Å². The molecule has 2 aromatic heterocycles. The van der Waals surface area contributed by atoms with E-state index in [0.29, 0.717) is 10.9 Å². The zero-order valence-electron chi connectivity index (χ0n) is 10.7. The lowest BCUT2D eigenvalue weighted by Gasteiger charge is -1.99. The summed E-state index contributed by atoms with van der Waals surface area (Å²) in [6.07, 6.45) is 0. The van der Waals surface area contributed by atoms with Crippen LogP contribution in [0.15, 0.2) is 46.9 Å². The molecule has 0 aliphatic heterocycles. The second kappa shape index (κ2) is 6.71. The fraction of sp³-hybridized carbons (Fsp3) is 0.0714. The Labute approximate surface area is 143 Å². The van der Waals surface area contributed by atoms with E-state index in [4.69, 9.17) is 0 Å². The van der Waals surface area contributed by atoms with E-state index in [1.807, 2.05) is 41.8 Å². The van der Waals surface area contributed by atoms with Crippen molar-refractivity contribution >= 4 is 51.5 Å². The van der Waals surface area contributed by atoms with Crippen molar-refractivity contribution in [1.29, 1.82) is 0 Å². The summed E-state index contributed by atoms with van der Waals surface area (Å²) in [5, 5.41) is 9.61. The van der Waals surface area contributed by atoms with Gasteiger partial charge in [0, 0.05) is 9.13 Å². The lowest BCUT2D eigenvalue weighted by atomic mass is 10.2. The maximum Gasteiger partial charge on any atom is 0.209 e. The second-order valence-corrected chi connectivity index (χ2v) is 7.30. The number of H-pyrrole nitrogens is 1. The Balaban J connectivity index is 1.62. The van der Waals surface area contributed by atoms with Gasteiger partial charge in [-0.1, -0.05) is 30.0 Å². The molecule has 3 rings (SSSR count). The van der Waals surface area contributed by atoms with Gasteiger partial charge in [-0.3, -0.25) is 9.89 Å². The number of benzene rings is 1. The van der Waals surface area contributed by atoms with Crippen LogP contribution in [-0.2, 0) is 0 Å². The first-order valence-electron chi connectivity index (χ1n) is 6.10. The van der Waals surface area contributed by atoms with Crippen LogP contribution in [0.25, 0.3) is 10.7 Å². The van der Waals surface area contributed by atoms with Crippen LogP contribution in [0.3, 0.4) is 0 Å². The molecule has 106 valence electrons. The van der Waals surface area contributed by atoms with E-state index in [2.05, 4.69) is 37.8 Å². The number of hydrogen-bond donors (Lipinski definition) is 1. The van der Waals surface area contributed by atoms with Crippen LogP contribution in [0.5, 0.6) is 0 Å². The molecule has 0 atom stereocenters. The molecule has 0 fully saturated rings. The third-order valence-corrected chi connectivity index (χ3v) is 5.16. The summed E-state index contributed by atoms with van der Waals surface area (Å²) in [6.45, 7) is 0. The van der Waals surface area contributed by atoms with Crippen molar-refractivity contribution in [3.63, 3.8) is 0 Å². The van der Waals surface area contributed by atoms with Gasteiger partial charge < -0.3 is 0 Å². The Morgan fingerprint density at radius 1 is 1.29 bits per heavy atom. The van der Waals surface area contributed by atoms with Crippen molar-refractivity contribution in [2.24, 2.45) is 0 Å². The standard InChI is InChI=1S/C14H10IN3OS2/c15-10-5-3-9(4-6-10)11(19)8-21-14-16-13(17-18-14)12-2-1-7-20-12/h1-7H,8H2,(H,16,17,18). The van der Waals surface area contributed by atoms with E-state index in [1.54, 1.807) is 11.3 Å². The SMILES string of the molecule is O=C(CSc1n[nH]c(-c2cccs2)n1)c1ccc(I)cc1. The fourth-order valence-corrected chi connectivity index (χ4v) is 3.40. The van der Waals surface area contributed by atoms with Crippen molar-refractivity contribution in [3.8, 4) is 10.7 Å². The third-order valence-electron chi connectivity index (χ3n) is 2.72. The highest BCUT2D eigenvalue weighted by Gasteiger charge is 2.10. The van der Waals surface area contributed by atoms with E-state index in [0.717, 1.165) is 19.8 Å². The average molecular weight is 427 g/mol. The van der Waals surface area contributed by atoms with Crippen LogP contribution in [0.4, 0.5) is 0 Å². The summed E-state index contributed by atoms with van der Waals surface area (Å²) in [4.78, 5) is 17.5. The molecule has 0 aliphatic carbocycles. The number of rotatable bonds is 5. The fourth-order valence-electron chi connectivity index (χ4n) is 1.68. The maximum absolute atomic E-state index is 12.1. The third kappa shape index (κ3) is 3.72. The lowest BCUT2D eigenvalue weighted by Crippen LogP contribution is -2.02. The summed E-state index contributed by atoms with van der Waals surface area (Å²) >= 11 is 5.17. The quantitative estimate of drug-likeness (QED) is 0.378. The predicted molar refractivity (Wildman–Crippen MR) is 93.9 cm³/mol. The largest absolute Gasteiger partial charge is 0.293 e. The monoisotopic (exact) mass is 427 g/mol. The van der Waals surface area contributed by atoms with E-state index in [9.17, 15) is 4.79 Å². The number of thiophene rings is 1. The van der Waals surface area contributed by atoms with Gasteiger partial charge in [-0.25, -0.2) is 4.98 Å². The predicted octanol–water partition coefficient (Wildman–Crippen LogP) is 4.11. The smallest absolute Gasteiger partial charge is 0.209 e. The first-order valence-corrected chi connectivity index (χ1v) is 9.04. The number of carbonyl (C=O) groups is 1. The van der Waals surface area contributed by atoms with Crippen molar-refractivity contribution in [1.82, 2.24) is 15.2 Å². The van der Waals surface area contributed by atoms with Crippen molar-refractivity contribution in [2.75, 3.05) is 5.75 Å². The van der Waals surface area contributed by atoms with Crippen molar-refractivity contribution < 1.29 is 4.79 Å². The van der Waals surface area contributed by atoms with E-state index in [1.165, 1.54) is 11.8 Å². The molecule has 21 heavy (non-hydrogen) atoms. The van der Waals surface area contributed by atoms with Crippen LogP contribution < -0.4 is 0 Å². The summed E-state index contributed by atoms with van der Waals surface area (Å²) in [6, 6.07) is 11.5. The number of thioether (sulfide) groups is 1. The zero-order chi connectivity index (χ0) is 14.7. The van der Waals surface area contributed by atoms with Crippen molar-refractivity contribution in [2.45, 2.75) is 5.16 Å². The summed E-state index contributed by atoms with van der Waals surface area (Å²) in [5.41, 5.74) is 0.719. The lowest BCUT2D eigenvalue weighted by molar-refractivity contribution is 0.102. The number of nitrogens with one attached hydrogen (secondary N) is 1. The molecule has 0 saturated heterocycles. The van der Waals surface area contributed by atoms with Crippen LogP contribution in [0, 0.1) is 3.57 Å². The number of halogens is 1. The highest BCUT2D eigenvalue weighted by atomic mass is 127. The van der Waals surface area contributed by atoms with E-state index < -0.39 is 0 Å². The van der Waals surface area contributed by atoms with Gasteiger partial charge in [0.1, 0.15) is 0 Å². The molecule has 0 spiro atoms. The van der Waals surface area contributed by atoms with Crippen LogP contribution in [0.2, 0.25) is 0 Å². The molecule has 0 saturated carbocycles. The topological polar surface area (TPSA) is 58.6 Å². The molecule has 0 radical (unpaired) electrons. The van der Waals surface area contributed by atoms with Gasteiger partial charge in [-0.15, -0.1) is 16.4 Å². The van der Waals surface area contributed by atoms with Crippen LogP contribution >= 0.6 is 45.7 Å². The van der Waals surface area contributed by atoms with Gasteiger partial charge in [-0.2, -0.15) is 0 Å². The molecule has 2 heterocycles. The number of nitrogens with zero attached hydrogens (tertiary/aromatic N) is 2. The molecule has 1 aromatic carbocycles. The number of aromatic amines is 1. The van der Waals surface area contributed by atoms with Gasteiger partial charge in [-0.05, 0) is 46.2 Å². The minimum absolute atomic E-state index is 0.0823. The number of carbonyl (C=O) groups excluding carboxylic acids is 1. The Hall–Kier alpha value is -1.19. The van der Waals surface area contributed by atoms with E-state index in [-0.39, 0.29) is 5.78 Å². The normalized spacial score (nSPS) is 10.7. The zero-order valence-corrected chi connectivity index (χ0v) is 14.5. The summed E-state index contributed by atoms with van der Waals surface area (Å²) in [5.74, 6) is 1.16. The second-order valence-electron chi connectivity index (χ2n) is 4.16. The molecular formula is C14H10IN3OS2. The summed E-state index contributed by atoms with van der Waals surface area (Å²) in [7, 11) is 0. The van der Waals surface area contributed by atoms with Gasteiger partial charge >= 0.3 is 0 Å². The Kier molecular flexibility index (Phi) is 4.71. The highest BCUT2D eigenvalue weighted by molar-refractivity contribution is 14.1. The number of hydrogen-bond acceptors (Lipinski definition) is 5. The Bertz CT molecular complexity index is 738. The molecule has 0 aliphatic rings. The van der Waals surface area contributed by atoms with Gasteiger partial charge in [0.2, 0.25) is 5.16 Å². The molecule has 3 aromatic rings. The van der Waals surface area contributed by atoms with Crippen molar-refractivity contribution in [3.05, 3.63) is 50.9 Å². The molecule has 0 unspecified atom stereocenters. The number of Topliss-reactive ketones (excluding diaryl/α,β-unsaturated/α-hetero) is 1. The van der Waals surface area contributed by atoms with Gasteiger partial charge in [0.05, 0.1) is 10.6 Å². The minimum atomic E-state index is 0.0823. The Morgan fingerprint density at radius 3 is 2.81 bits per heavy atom. The molecule has 7 heteroatoms. The molecule has 0 bridgehead atoms. The summed E-state index contributed by atoms with van der Waals surface area (Å²) < 4.78 is 1.12. The molecule has 4 nitrogen and oxygen atoms in total. The van der Waals surface area contributed by atoms with Gasteiger partial charge in [0.15, 0.2) is 11.6 Å². The molecular weight excluding hydrogens is 417 g/mol. The minimum Gasteiger partial charge on any atom is -0.293 e. The van der Waals surface area contributed by atoms with Crippen LogP contribution in [-0.4, -0.2) is 26.7 Å². The average Bonchev–Trinajstić information content (AvgIpc) is 3.16. The Morgan fingerprint density at radius 2 is 2.10 bits per heavy atom. The first-order chi connectivity index (χ1) is 10.2. The molecule has 1 N–H and O–H groups in total.